The molecular formula is C18H9BrN2. The van der Waals surface area contributed by atoms with E-state index in [0.717, 1.165) is 37.6 Å². The topological polar surface area (TPSA) is 25.8 Å². The monoisotopic (exact) mass is 332 g/mol. The number of halogens is 1. The Hall–Kier alpha value is -2.44. The van der Waals surface area contributed by atoms with Gasteiger partial charge < -0.3 is 0 Å². The predicted molar refractivity (Wildman–Crippen MR) is 89.1 cm³/mol. The molecule has 0 spiro atoms. The van der Waals surface area contributed by atoms with Crippen LogP contribution in [0.1, 0.15) is 5.69 Å². The van der Waals surface area contributed by atoms with Crippen molar-refractivity contribution < 1.29 is 0 Å². The Morgan fingerprint density at radius 3 is 2.48 bits per heavy atom. The van der Waals surface area contributed by atoms with Gasteiger partial charge in [-0.15, -0.1) is 0 Å². The highest BCUT2D eigenvalue weighted by Gasteiger charge is 2.07. The number of benzene rings is 1. The second-order valence-electron chi connectivity index (χ2n) is 4.75. The van der Waals surface area contributed by atoms with Gasteiger partial charge in [0.1, 0.15) is 0 Å². The number of fused-ring (bicyclic) bond motifs is 3. The highest BCUT2D eigenvalue weighted by Crippen LogP contribution is 2.25. The van der Waals surface area contributed by atoms with Crippen LogP contribution in [-0.2, 0) is 0 Å². The van der Waals surface area contributed by atoms with E-state index in [9.17, 15) is 0 Å². The molecule has 0 N–H and O–H groups in total. The summed E-state index contributed by atoms with van der Waals surface area (Å²) >= 11 is 3.37. The minimum absolute atomic E-state index is 0.879. The number of aromatic nitrogens is 2. The van der Waals surface area contributed by atoms with Gasteiger partial charge in [-0.1, -0.05) is 35.7 Å². The minimum atomic E-state index is 0.879. The molecule has 0 radical (unpaired) electrons. The van der Waals surface area contributed by atoms with Crippen LogP contribution < -0.4 is 0 Å². The number of pyridine rings is 2. The number of hydrogen-bond donors (Lipinski definition) is 0. The first-order valence-corrected chi connectivity index (χ1v) is 7.35. The highest BCUT2D eigenvalue weighted by atomic mass is 79.9. The van der Waals surface area contributed by atoms with Crippen molar-refractivity contribution in [2.24, 2.45) is 0 Å². The maximum absolute atomic E-state index is 4.77. The molecule has 98 valence electrons. The van der Waals surface area contributed by atoms with Crippen LogP contribution in [0.25, 0.3) is 27.4 Å². The summed E-state index contributed by atoms with van der Waals surface area (Å²) in [5, 5.41) is 2.19. The average Bonchev–Trinajstić information content (AvgIpc) is 2.55. The Kier molecular flexibility index (Phi) is 2.83. The normalized spacial score (nSPS) is 13.6. The molecule has 0 amide bonds. The van der Waals surface area contributed by atoms with Crippen LogP contribution in [0.4, 0.5) is 0 Å². The van der Waals surface area contributed by atoms with Crippen LogP contribution in [0.2, 0.25) is 0 Å². The van der Waals surface area contributed by atoms with Crippen LogP contribution in [0.3, 0.4) is 0 Å². The van der Waals surface area contributed by atoms with Crippen molar-refractivity contribution in [3.63, 3.8) is 0 Å². The van der Waals surface area contributed by atoms with E-state index in [1.165, 1.54) is 0 Å². The van der Waals surface area contributed by atoms with E-state index in [0.29, 0.717) is 0 Å². The van der Waals surface area contributed by atoms with E-state index in [-0.39, 0.29) is 0 Å². The van der Waals surface area contributed by atoms with Gasteiger partial charge in [-0.25, -0.2) is 4.98 Å². The second-order valence-corrected chi connectivity index (χ2v) is 5.61. The van der Waals surface area contributed by atoms with Gasteiger partial charge >= 0.3 is 0 Å². The van der Waals surface area contributed by atoms with Crippen molar-refractivity contribution in [3.8, 4) is 0 Å². The summed E-state index contributed by atoms with van der Waals surface area (Å²) in [6, 6.07) is 12.2. The molecule has 3 aromatic rings. The van der Waals surface area contributed by atoms with Gasteiger partial charge in [0.25, 0.3) is 0 Å². The quantitative estimate of drug-likeness (QED) is 0.474. The molecule has 0 saturated carbocycles. The maximum atomic E-state index is 4.77. The van der Waals surface area contributed by atoms with Gasteiger partial charge in [-0.05, 0) is 40.2 Å². The Bertz CT molecular complexity index is 1020. The minimum Gasteiger partial charge on any atom is -0.254 e. The summed E-state index contributed by atoms with van der Waals surface area (Å²) in [6.45, 7) is 0. The zero-order valence-electron chi connectivity index (χ0n) is 11.0. The van der Waals surface area contributed by atoms with Crippen LogP contribution in [0.15, 0.2) is 70.7 Å². The SMILES string of the molecule is BrC1=C=C=C(c2ccc3ccc4cccnc4c3n2)C=C1. The van der Waals surface area contributed by atoms with E-state index in [2.05, 4.69) is 56.6 Å². The molecule has 0 aliphatic heterocycles. The van der Waals surface area contributed by atoms with Gasteiger partial charge in [-0.2, -0.15) is 0 Å². The Labute approximate surface area is 130 Å². The van der Waals surface area contributed by atoms with Gasteiger partial charge in [-0.3, -0.25) is 4.98 Å². The zero-order chi connectivity index (χ0) is 14.2. The first kappa shape index (κ1) is 12.3. The second kappa shape index (κ2) is 4.83. The van der Waals surface area contributed by atoms with Gasteiger partial charge in [0, 0.05) is 17.0 Å². The van der Waals surface area contributed by atoms with Crippen LogP contribution in [0.5, 0.6) is 0 Å². The Morgan fingerprint density at radius 1 is 0.857 bits per heavy atom. The molecule has 3 heteroatoms. The smallest absolute Gasteiger partial charge is 0.0972 e. The fourth-order valence-electron chi connectivity index (χ4n) is 2.39. The molecule has 21 heavy (non-hydrogen) atoms. The third kappa shape index (κ3) is 2.14. The lowest BCUT2D eigenvalue weighted by Gasteiger charge is -2.05. The molecule has 2 nitrogen and oxygen atoms in total. The van der Waals surface area contributed by atoms with E-state index in [1.54, 1.807) is 6.20 Å². The summed E-state index contributed by atoms with van der Waals surface area (Å²) in [5.41, 5.74) is 9.78. The molecule has 1 aliphatic rings. The molecule has 1 aromatic carbocycles. The first-order chi connectivity index (χ1) is 10.3. The van der Waals surface area contributed by atoms with Crippen molar-refractivity contribution in [1.29, 1.82) is 0 Å². The van der Waals surface area contributed by atoms with E-state index < -0.39 is 0 Å². The largest absolute Gasteiger partial charge is 0.254 e. The summed E-state index contributed by atoms with van der Waals surface area (Å²) < 4.78 is 0.888. The van der Waals surface area contributed by atoms with E-state index >= 15 is 0 Å². The van der Waals surface area contributed by atoms with Crippen molar-refractivity contribution in [2.75, 3.05) is 0 Å². The first-order valence-electron chi connectivity index (χ1n) is 6.56. The Morgan fingerprint density at radius 2 is 1.67 bits per heavy atom. The molecule has 2 heterocycles. The molecule has 0 saturated heterocycles. The lowest BCUT2D eigenvalue weighted by molar-refractivity contribution is 1.34. The maximum Gasteiger partial charge on any atom is 0.0972 e. The average molecular weight is 333 g/mol. The molecule has 1 aliphatic carbocycles. The molecule has 2 aromatic heterocycles. The molecule has 0 unspecified atom stereocenters. The molecule has 0 atom stereocenters. The van der Waals surface area contributed by atoms with Crippen LogP contribution >= 0.6 is 15.9 Å². The fourth-order valence-corrected chi connectivity index (χ4v) is 2.62. The van der Waals surface area contributed by atoms with E-state index in [4.69, 9.17) is 4.98 Å². The molecule has 0 bridgehead atoms. The lowest BCUT2D eigenvalue weighted by Crippen LogP contribution is -1.91. The van der Waals surface area contributed by atoms with E-state index in [1.807, 2.05) is 24.3 Å². The third-order valence-electron chi connectivity index (χ3n) is 3.42. The number of allylic oxidation sites excluding steroid dienone is 4. The Balaban J connectivity index is 2.04. The van der Waals surface area contributed by atoms with Crippen molar-refractivity contribution in [3.05, 3.63) is 76.4 Å². The zero-order valence-corrected chi connectivity index (χ0v) is 12.6. The highest BCUT2D eigenvalue weighted by molar-refractivity contribution is 9.11. The number of hydrogen-bond acceptors (Lipinski definition) is 2. The third-order valence-corrected chi connectivity index (χ3v) is 3.88. The van der Waals surface area contributed by atoms with Crippen LogP contribution in [-0.4, -0.2) is 9.97 Å². The summed E-state index contributed by atoms with van der Waals surface area (Å²) in [7, 11) is 0. The standard InChI is InChI=1S/C18H9BrN2/c19-15-8-5-12(6-9-15)16-10-7-14-4-3-13-2-1-11-20-17(13)18(14)21-16/h1-5,7-8,10-11H. The van der Waals surface area contributed by atoms with Crippen molar-refractivity contribution >= 4 is 43.3 Å². The van der Waals surface area contributed by atoms with Crippen molar-refractivity contribution in [1.82, 2.24) is 9.97 Å². The van der Waals surface area contributed by atoms with Gasteiger partial charge in [0.15, 0.2) is 0 Å². The van der Waals surface area contributed by atoms with Crippen LogP contribution in [0, 0.1) is 0 Å². The molecular weight excluding hydrogens is 324 g/mol. The van der Waals surface area contributed by atoms with Crippen molar-refractivity contribution in [2.45, 2.75) is 0 Å². The fraction of sp³-hybridized carbons (Fsp3) is 0. The predicted octanol–water partition coefficient (Wildman–Crippen LogP) is 4.77. The number of nitrogens with zero attached hydrogens (tertiary/aromatic N) is 2. The molecule has 4 rings (SSSR count). The summed E-state index contributed by atoms with van der Waals surface area (Å²) in [6.07, 6.45) is 5.72. The summed E-state index contributed by atoms with van der Waals surface area (Å²) in [4.78, 5) is 9.24. The lowest BCUT2D eigenvalue weighted by atomic mass is 10.1. The van der Waals surface area contributed by atoms with Gasteiger partial charge in [0.05, 0.1) is 26.8 Å². The molecule has 0 fully saturated rings. The summed E-state index contributed by atoms with van der Waals surface area (Å²) in [5.74, 6) is 0. The number of rotatable bonds is 1. The van der Waals surface area contributed by atoms with Gasteiger partial charge in [0.2, 0.25) is 0 Å².